The van der Waals surface area contributed by atoms with E-state index < -0.39 is 0 Å². The summed E-state index contributed by atoms with van der Waals surface area (Å²) < 4.78 is 0. The fraction of sp³-hybridized carbons (Fsp3) is 0.200. The van der Waals surface area contributed by atoms with Crippen LogP contribution in [0.1, 0.15) is 26.3 Å². The van der Waals surface area contributed by atoms with E-state index in [-0.39, 0.29) is 0 Å². The van der Waals surface area contributed by atoms with Crippen LogP contribution in [0.3, 0.4) is 0 Å². The van der Waals surface area contributed by atoms with Gasteiger partial charge in [-0.15, -0.1) is 0 Å². The topological polar surface area (TPSA) is 6.48 Å². The molecule has 0 aliphatic rings. The third-order valence-corrected chi connectivity index (χ3v) is 6.10. The minimum atomic E-state index is 0.380. The third kappa shape index (κ3) is 4.70. The maximum Gasteiger partial charge on any atom is 0.0463 e. The van der Waals surface area contributed by atoms with Crippen molar-refractivity contribution < 1.29 is 0 Å². The fourth-order valence-corrected chi connectivity index (χ4v) is 3.99. The monoisotopic (exact) mass is 420 g/mol. The summed E-state index contributed by atoms with van der Waals surface area (Å²) in [5, 5.41) is 0. The minimum absolute atomic E-state index is 0.380. The van der Waals surface area contributed by atoms with Gasteiger partial charge in [-0.3, -0.25) is 0 Å². The molecule has 162 valence electrons. The Balaban J connectivity index is 1.74. The van der Waals surface area contributed by atoms with Crippen LogP contribution in [0.25, 0.3) is 0 Å². The van der Waals surface area contributed by atoms with Gasteiger partial charge in [-0.25, -0.2) is 0 Å². The summed E-state index contributed by atoms with van der Waals surface area (Å²) in [7, 11) is 0. The number of aryl methyl sites for hydroxylation is 1. The van der Waals surface area contributed by atoms with E-state index in [0.717, 1.165) is 17.1 Å². The van der Waals surface area contributed by atoms with Gasteiger partial charge in [0.05, 0.1) is 0 Å². The van der Waals surface area contributed by atoms with Crippen LogP contribution in [0.2, 0.25) is 0 Å². The summed E-state index contributed by atoms with van der Waals surface area (Å²) in [5.74, 6) is 0.531. The Morgan fingerprint density at radius 1 is 0.469 bits per heavy atom. The molecular formula is C30H32N2. The molecule has 0 bridgehead atoms. The molecule has 0 aliphatic heterocycles. The van der Waals surface area contributed by atoms with Crippen LogP contribution in [0.4, 0.5) is 28.4 Å². The van der Waals surface area contributed by atoms with Crippen molar-refractivity contribution in [2.45, 2.75) is 33.7 Å². The van der Waals surface area contributed by atoms with Gasteiger partial charge in [0, 0.05) is 34.5 Å². The average Bonchev–Trinajstić information content (AvgIpc) is 2.83. The molecule has 0 aliphatic carbocycles. The summed E-state index contributed by atoms with van der Waals surface area (Å²) >= 11 is 0. The van der Waals surface area contributed by atoms with E-state index in [1.54, 1.807) is 0 Å². The largest absolute Gasteiger partial charge is 0.338 e. The maximum absolute atomic E-state index is 2.44. The fourth-order valence-electron chi connectivity index (χ4n) is 3.99. The van der Waals surface area contributed by atoms with Gasteiger partial charge in [-0.2, -0.15) is 0 Å². The number of hydrogen-bond donors (Lipinski definition) is 0. The predicted molar refractivity (Wildman–Crippen MR) is 139 cm³/mol. The van der Waals surface area contributed by atoms with Crippen molar-refractivity contribution in [3.05, 3.63) is 115 Å². The molecule has 4 rings (SSSR count). The smallest absolute Gasteiger partial charge is 0.0463 e. The van der Waals surface area contributed by atoms with Crippen molar-refractivity contribution in [1.82, 2.24) is 0 Å². The summed E-state index contributed by atoms with van der Waals surface area (Å²) in [4.78, 5) is 4.75. The number of anilines is 5. The van der Waals surface area contributed by atoms with E-state index in [1.807, 2.05) is 0 Å². The summed E-state index contributed by atoms with van der Waals surface area (Å²) in [5.41, 5.74) is 7.15. The first-order valence-electron chi connectivity index (χ1n) is 11.4. The van der Waals surface area contributed by atoms with Crippen LogP contribution in [-0.4, -0.2) is 6.04 Å². The molecule has 2 nitrogen and oxygen atoms in total. The van der Waals surface area contributed by atoms with Crippen molar-refractivity contribution in [1.29, 1.82) is 0 Å². The van der Waals surface area contributed by atoms with Crippen LogP contribution in [0.5, 0.6) is 0 Å². The van der Waals surface area contributed by atoms with E-state index in [2.05, 4.69) is 147 Å². The molecule has 4 aromatic carbocycles. The Morgan fingerprint density at radius 2 is 0.844 bits per heavy atom. The zero-order valence-electron chi connectivity index (χ0n) is 19.4. The van der Waals surface area contributed by atoms with Crippen LogP contribution in [-0.2, 0) is 0 Å². The van der Waals surface area contributed by atoms with Crippen LogP contribution >= 0.6 is 0 Å². The lowest BCUT2D eigenvalue weighted by molar-refractivity contribution is 0.518. The molecule has 2 heteroatoms. The highest BCUT2D eigenvalue weighted by Crippen LogP contribution is 2.37. The lowest BCUT2D eigenvalue weighted by Gasteiger charge is -2.34. The molecule has 0 heterocycles. The molecule has 0 radical (unpaired) electrons. The standard InChI is InChI=1S/C30H32N2/c1-23(2)25(4)31(26-11-7-5-8-12-26)28-19-21-30(22-20-28)32(27-13-9-6-10-14-27)29-17-15-24(3)16-18-29/h5-23,25H,1-4H3. The zero-order chi connectivity index (χ0) is 22.5. The van der Waals surface area contributed by atoms with Crippen LogP contribution < -0.4 is 9.80 Å². The highest BCUT2D eigenvalue weighted by molar-refractivity contribution is 5.78. The molecule has 0 N–H and O–H groups in total. The Bertz CT molecular complexity index is 1100. The first-order chi connectivity index (χ1) is 15.5. The quantitative estimate of drug-likeness (QED) is 0.295. The second kappa shape index (κ2) is 9.74. The van der Waals surface area contributed by atoms with Gasteiger partial charge >= 0.3 is 0 Å². The highest BCUT2D eigenvalue weighted by atomic mass is 15.2. The Morgan fingerprint density at radius 3 is 1.34 bits per heavy atom. The Kier molecular flexibility index (Phi) is 6.61. The maximum atomic E-state index is 2.44. The molecule has 0 fully saturated rings. The number of benzene rings is 4. The first-order valence-corrected chi connectivity index (χ1v) is 11.4. The first kappa shape index (κ1) is 21.7. The van der Waals surface area contributed by atoms with E-state index in [9.17, 15) is 0 Å². The second-order valence-corrected chi connectivity index (χ2v) is 8.71. The van der Waals surface area contributed by atoms with Crippen molar-refractivity contribution in [3.63, 3.8) is 0 Å². The molecule has 32 heavy (non-hydrogen) atoms. The molecule has 1 atom stereocenters. The normalized spacial score (nSPS) is 11.9. The second-order valence-electron chi connectivity index (χ2n) is 8.71. The average molecular weight is 421 g/mol. The number of hydrogen-bond acceptors (Lipinski definition) is 2. The number of rotatable bonds is 7. The van der Waals surface area contributed by atoms with E-state index >= 15 is 0 Å². The summed E-state index contributed by atoms with van der Waals surface area (Å²) in [6.07, 6.45) is 0. The number of para-hydroxylation sites is 2. The van der Waals surface area contributed by atoms with Gasteiger partial charge in [0.25, 0.3) is 0 Å². The van der Waals surface area contributed by atoms with Crippen molar-refractivity contribution in [2.75, 3.05) is 9.80 Å². The van der Waals surface area contributed by atoms with Crippen LogP contribution in [0.15, 0.2) is 109 Å². The van der Waals surface area contributed by atoms with Crippen LogP contribution in [0, 0.1) is 12.8 Å². The zero-order valence-corrected chi connectivity index (χ0v) is 19.4. The molecule has 1 unspecified atom stereocenters. The van der Waals surface area contributed by atoms with Gasteiger partial charge in [-0.1, -0.05) is 67.9 Å². The SMILES string of the molecule is Cc1ccc(N(c2ccccc2)c2ccc(N(c3ccccc3)C(C)C(C)C)cc2)cc1. The van der Waals surface area contributed by atoms with Crippen molar-refractivity contribution >= 4 is 28.4 Å². The highest BCUT2D eigenvalue weighted by Gasteiger charge is 2.20. The molecular weight excluding hydrogens is 388 g/mol. The molecule has 4 aromatic rings. The van der Waals surface area contributed by atoms with Crippen molar-refractivity contribution in [2.24, 2.45) is 5.92 Å². The van der Waals surface area contributed by atoms with Gasteiger partial charge in [0.1, 0.15) is 0 Å². The van der Waals surface area contributed by atoms with Gasteiger partial charge < -0.3 is 9.80 Å². The molecule has 0 spiro atoms. The third-order valence-electron chi connectivity index (χ3n) is 6.10. The Labute approximate surface area is 192 Å². The lowest BCUT2D eigenvalue weighted by Crippen LogP contribution is -2.32. The minimum Gasteiger partial charge on any atom is -0.338 e. The van der Waals surface area contributed by atoms with Gasteiger partial charge in [0.2, 0.25) is 0 Å². The van der Waals surface area contributed by atoms with Crippen molar-refractivity contribution in [3.8, 4) is 0 Å². The predicted octanol–water partition coefficient (Wildman–Crippen LogP) is 8.65. The molecule has 0 amide bonds. The van der Waals surface area contributed by atoms with E-state index in [0.29, 0.717) is 12.0 Å². The molecule has 0 saturated carbocycles. The van der Waals surface area contributed by atoms with Gasteiger partial charge in [0.15, 0.2) is 0 Å². The summed E-state index contributed by atoms with van der Waals surface area (Å²) in [6.45, 7) is 8.99. The number of nitrogens with zero attached hydrogens (tertiary/aromatic N) is 2. The van der Waals surface area contributed by atoms with E-state index in [4.69, 9.17) is 0 Å². The Hall–Kier alpha value is -3.52. The van der Waals surface area contributed by atoms with E-state index in [1.165, 1.54) is 16.9 Å². The lowest BCUT2D eigenvalue weighted by atomic mass is 10.0. The summed E-state index contributed by atoms with van der Waals surface area (Å²) in [6, 6.07) is 39.3. The van der Waals surface area contributed by atoms with Gasteiger partial charge in [-0.05, 0) is 80.4 Å². The molecule has 0 aromatic heterocycles. The molecule has 0 saturated heterocycles.